The monoisotopic (exact) mass is 330 g/mol. The van der Waals surface area contributed by atoms with Crippen LogP contribution < -0.4 is 11.1 Å². The SMILES string of the molecule is NCC1CCCCC1C(=O)NCc1sccc1Br. The number of hydrogen-bond donors (Lipinski definition) is 2. The number of carbonyl (C=O) groups excluding carboxylic acids is 1. The molecule has 1 saturated carbocycles. The summed E-state index contributed by atoms with van der Waals surface area (Å²) in [6, 6.07) is 2.01. The molecule has 5 heteroatoms. The van der Waals surface area contributed by atoms with Gasteiger partial charge in [-0.15, -0.1) is 11.3 Å². The fourth-order valence-corrected chi connectivity index (χ4v) is 4.02. The summed E-state index contributed by atoms with van der Waals surface area (Å²) in [7, 11) is 0. The lowest BCUT2D eigenvalue weighted by atomic mass is 9.79. The van der Waals surface area contributed by atoms with Gasteiger partial charge in [0.15, 0.2) is 0 Å². The summed E-state index contributed by atoms with van der Waals surface area (Å²) >= 11 is 5.14. The van der Waals surface area contributed by atoms with Gasteiger partial charge in [0, 0.05) is 15.3 Å². The molecule has 0 aliphatic heterocycles. The second-order valence-corrected chi connectivity index (χ2v) is 6.65. The molecule has 1 aliphatic carbocycles. The Morgan fingerprint density at radius 1 is 1.50 bits per heavy atom. The van der Waals surface area contributed by atoms with E-state index in [2.05, 4.69) is 21.2 Å². The Labute approximate surface area is 120 Å². The van der Waals surface area contributed by atoms with Gasteiger partial charge < -0.3 is 11.1 Å². The molecule has 0 saturated heterocycles. The van der Waals surface area contributed by atoms with Crippen LogP contribution in [0.25, 0.3) is 0 Å². The van der Waals surface area contributed by atoms with Crippen molar-refractivity contribution in [3.8, 4) is 0 Å². The van der Waals surface area contributed by atoms with Crippen molar-refractivity contribution in [3.05, 3.63) is 20.8 Å². The zero-order chi connectivity index (χ0) is 13.0. The van der Waals surface area contributed by atoms with Gasteiger partial charge in [0.25, 0.3) is 0 Å². The Morgan fingerprint density at radius 3 is 2.94 bits per heavy atom. The summed E-state index contributed by atoms with van der Waals surface area (Å²) in [5, 5.41) is 5.07. The topological polar surface area (TPSA) is 55.1 Å². The van der Waals surface area contributed by atoms with Gasteiger partial charge in [-0.1, -0.05) is 12.8 Å². The van der Waals surface area contributed by atoms with E-state index < -0.39 is 0 Å². The predicted octanol–water partition coefficient (Wildman–Crippen LogP) is 2.89. The van der Waals surface area contributed by atoms with Gasteiger partial charge in [0.2, 0.25) is 5.91 Å². The van der Waals surface area contributed by atoms with E-state index in [0.717, 1.165) is 23.7 Å². The van der Waals surface area contributed by atoms with Crippen molar-refractivity contribution in [2.75, 3.05) is 6.54 Å². The van der Waals surface area contributed by atoms with Crippen LogP contribution in [0, 0.1) is 11.8 Å². The molecule has 1 aromatic heterocycles. The van der Waals surface area contributed by atoms with Gasteiger partial charge in [-0.25, -0.2) is 0 Å². The number of thiophene rings is 1. The van der Waals surface area contributed by atoms with E-state index in [-0.39, 0.29) is 11.8 Å². The van der Waals surface area contributed by atoms with Crippen LogP contribution in [0.4, 0.5) is 0 Å². The summed E-state index contributed by atoms with van der Waals surface area (Å²) in [6.45, 7) is 1.24. The third-order valence-electron chi connectivity index (χ3n) is 3.66. The molecule has 1 amide bonds. The molecule has 1 heterocycles. The fourth-order valence-electron chi connectivity index (χ4n) is 2.58. The Balaban J connectivity index is 1.89. The second-order valence-electron chi connectivity index (χ2n) is 4.80. The predicted molar refractivity (Wildman–Crippen MR) is 78.4 cm³/mol. The first-order chi connectivity index (χ1) is 8.72. The molecule has 100 valence electrons. The number of nitrogens with one attached hydrogen (secondary N) is 1. The maximum absolute atomic E-state index is 12.2. The highest BCUT2D eigenvalue weighted by molar-refractivity contribution is 9.10. The quantitative estimate of drug-likeness (QED) is 0.891. The van der Waals surface area contributed by atoms with E-state index in [0.29, 0.717) is 19.0 Å². The molecular formula is C13H19BrN2OS. The highest BCUT2D eigenvalue weighted by atomic mass is 79.9. The highest BCUT2D eigenvalue weighted by Gasteiger charge is 2.29. The van der Waals surface area contributed by atoms with E-state index in [1.807, 2.05) is 11.4 Å². The number of halogens is 1. The number of amides is 1. The standard InChI is InChI=1S/C13H19BrN2OS/c14-11-5-6-18-12(11)8-16-13(17)10-4-2-1-3-9(10)7-15/h5-6,9-10H,1-4,7-8,15H2,(H,16,17). The Kier molecular flexibility index (Phi) is 5.21. The number of nitrogens with two attached hydrogens (primary N) is 1. The molecule has 1 aliphatic rings. The average molecular weight is 331 g/mol. The summed E-state index contributed by atoms with van der Waals surface area (Å²) in [6.07, 6.45) is 4.44. The van der Waals surface area contributed by atoms with Crippen LogP contribution in [-0.2, 0) is 11.3 Å². The molecule has 2 rings (SSSR count). The maximum Gasteiger partial charge on any atom is 0.223 e. The lowest BCUT2D eigenvalue weighted by Crippen LogP contribution is -2.39. The summed E-state index contributed by atoms with van der Waals surface area (Å²) in [5.74, 6) is 0.651. The second kappa shape index (κ2) is 6.68. The van der Waals surface area contributed by atoms with Crippen molar-refractivity contribution in [1.82, 2.24) is 5.32 Å². The van der Waals surface area contributed by atoms with Crippen LogP contribution in [-0.4, -0.2) is 12.5 Å². The van der Waals surface area contributed by atoms with Crippen molar-refractivity contribution in [2.45, 2.75) is 32.2 Å². The van der Waals surface area contributed by atoms with E-state index in [1.54, 1.807) is 11.3 Å². The van der Waals surface area contributed by atoms with Crippen LogP contribution in [0.15, 0.2) is 15.9 Å². The van der Waals surface area contributed by atoms with Crippen LogP contribution in [0.2, 0.25) is 0 Å². The molecule has 3 nitrogen and oxygen atoms in total. The zero-order valence-electron chi connectivity index (χ0n) is 10.3. The van der Waals surface area contributed by atoms with Gasteiger partial charge in [0.05, 0.1) is 6.54 Å². The van der Waals surface area contributed by atoms with Crippen molar-refractivity contribution < 1.29 is 4.79 Å². The molecule has 3 N–H and O–H groups in total. The van der Waals surface area contributed by atoms with Crippen LogP contribution >= 0.6 is 27.3 Å². The molecule has 2 unspecified atom stereocenters. The molecule has 0 aromatic carbocycles. The highest BCUT2D eigenvalue weighted by Crippen LogP contribution is 2.29. The van der Waals surface area contributed by atoms with Gasteiger partial charge in [0.1, 0.15) is 0 Å². The molecule has 2 atom stereocenters. The molecule has 18 heavy (non-hydrogen) atoms. The lowest BCUT2D eigenvalue weighted by Gasteiger charge is -2.29. The molecule has 1 fully saturated rings. The third-order valence-corrected chi connectivity index (χ3v) is 5.59. The average Bonchev–Trinajstić information content (AvgIpc) is 2.81. The minimum absolute atomic E-state index is 0.113. The van der Waals surface area contributed by atoms with Crippen LogP contribution in [0.5, 0.6) is 0 Å². The normalized spacial score (nSPS) is 23.9. The first-order valence-electron chi connectivity index (χ1n) is 6.42. The first kappa shape index (κ1) is 14.0. The van der Waals surface area contributed by atoms with E-state index in [4.69, 9.17) is 5.73 Å². The van der Waals surface area contributed by atoms with Crippen molar-refractivity contribution in [1.29, 1.82) is 0 Å². The third kappa shape index (κ3) is 3.33. The Hall–Kier alpha value is -0.390. The van der Waals surface area contributed by atoms with E-state index >= 15 is 0 Å². The van der Waals surface area contributed by atoms with Gasteiger partial charge >= 0.3 is 0 Å². The Bertz CT molecular complexity index is 407. The largest absolute Gasteiger partial charge is 0.351 e. The number of rotatable bonds is 4. The summed E-state index contributed by atoms with van der Waals surface area (Å²) in [4.78, 5) is 13.4. The van der Waals surface area contributed by atoms with E-state index in [9.17, 15) is 4.79 Å². The lowest BCUT2D eigenvalue weighted by molar-refractivity contribution is -0.127. The molecule has 0 bridgehead atoms. The first-order valence-corrected chi connectivity index (χ1v) is 8.09. The van der Waals surface area contributed by atoms with Gasteiger partial charge in [-0.05, 0) is 52.7 Å². The maximum atomic E-state index is 12.2. The summed E-state index contributed by atoms with van der Waals surface area (Å²) in [5.41, 5.74) is 5.76. The van der Waals surface area contributed by atoms with E-state index in [1.165, 1.54) is 11.3 Å². The smallest absolute Gasteiger partial charge is 0.223 e. The number of carbonyl (C=O) groups is 1. The van der Waals surface area contributed by atoms with Crippen LogP contribution in [0.1, 0.15) is 30.6 Å². The summed E-state index contributed by atoms with van der Waals surface area (Å²) < 4.78 is 1.08. The van der Waals surface area contributed by atoms with Crippen LogP contribution in [0.3, 0.4) is 0 Å². The minimum Gasteiger partial charge on any atom is -0.351 e. The van der Waals surface area contributed by atoms with Crippen molar-refractivity contribution in [3.63, 3.8) is 0 Å². The number of hydrogen-bond acceptors (Lipinski definition) is 3. The van der Waals surface area contributed by atoms with Gasteiger partial charge in [-0.3, -0.25) is 4.79 Å². The Morgan fingerprint density at radius 2 is 2.28 bits per heavy atom. The molecule has 0 radical (unpaired) electrons. The van der Waals surface area contributed by atoms with Crippen molar-refractivity contribution >= 4 is 33.2 Å². The zero-order valence-corrected chi connectivity index (χ0v) is 12.7. The molecule has 1 aromatic rings. The minimum atomic E-state index is 0.113. The van der Waals surface area contributed by atoms with Crippen molar-refractivity contribution in [2.24, 2.45) is 17.6 Å². The molecular weight excluding hydrogens is 312 g/mol. The van der Waals surface area contributed by atoms with Gasteiger partial charge in [-0.2, -0.15) is 0 Å². The molecule has 0 spiro atoms. The fraction of sp³-hybridized carbons (Fsp3) is 0.615.